The van der Waals surface area contributed by atoms with E-state index in [2.05, 4.69) is 19.9 Å². The van der Waals surface area contributed by atoms with Crippen LogP contribution < -0.4 is 10.9 Å². The number of rotatable bonds is 3. The molecule has 18 heavy (non-hydrogen) atoms. The zero-order valence-electron chi connectivity index (χ0n) is 10.1. The normalized spacial score (nSPS) is 10.6. The van der Waals surface area contributed by atoms with Crippen LogP contribution in [0.5, 0.6) is 0 Å². The number of anilines is 1. The van der Waals surface area contributed by atoms with Crippen LogP contribution in [0.15, 0.2) is 33.7 Å². The molecule has 0 aliphatic rings. The van der Waals surface area contributed by atoms with Gasteiger partial charge in [0.1, 0.15) is 6.26 Å². The van der Waals surface area contributed by atoms with Gasteiger partial charge in [-0.2, -0.15) is 5.10 Å². The Kier molecular flexibility index (Phi) is 3.27. The number of nitrogens with zero attached hydrogens (tertiary/aromatic N) is 1. The van der Waals surface area contributed by atoms with Crippen LogP contribution in [0.25, 0.3) is 0 Å². The fourth-order valence-electron chi connectivity index (χ4n) is 1.37. The van der Waals surface area contributed by atoms with Gasteiger partial charge in [0, 0.05) is 17.8 Å². The van der Waals surface area contributed by atoms with E-state index in [4.69, 9.17) is 0 Å². The van der Waals surface area contributed by atoms with Gasteiger partial charge in [-0.05, 0) is 12.0 Å². The Morgan fingerprint density at radius 1 is 1.44 bits per heavy atom. The number of H-pyrrole nitrogens is 1. The van der Waals surface area contributed by atoms with Crippen LogP contribution in [-0.4, -0.2) is 16.1 Å². The predicted molar refractivity (Wildman–Crippen MR) is 65.6 cm³/mol. The first-order valence-electron chi connectivity index (χ1n) is 5.52. The molecule has 0 bridgehead atoms. The van der Waals surface area contributed by atoms with Crippen molar-refractivity contribution in [2.24, 2.45) is 0 Å². The molecule has 0 aliphatic heterocycles. The molecule has 2 aromatic rings. The van der Waals surface area contributed by atoms with Gasteiger partial charge in [-0.25, -0.2) is 4.79 Å². The molecule has 2 heterocycles. The van der Waals surface area contributed by atoms with Crippen molar-refractivity contribution >= 4 is 11.7 Å². The van der Waals surface area contributed by atoms with E-state index in [0.29, 0.717) is 11.7 Å². The Morgan fingerprint density at radius 3 is 2.78 bits per heavy atom. The van der Waals surface area contributed by atoms with E-state index in [0.717, 1.165) is 12.0 Å². The number of aromatic amines is 1. The molecule has 1 amide bonds. The van der Waals surface area contributed by atoms with Gasteiger partial charge in [-0.1, -0.05) is 13.8 Å². The van der Waals surface area contributed by atoms with E-state index >= 15 is 0 Å². The molecule has 6 heteroatoms. The lowest BCUT2D eigenvalue weighted by Gasteiger charge is -2.00. The maximum absolute atomic E-state index is 11.8. The molecule has 0 saturated heterocycles. The fraction of sp³-hybridized carbons (Fsp3) is 0.250. The van der Waals surface area contributed by atoms with Crippen LogP contribution >= 0.6 is 0 Å². The first kappa shape index (κ1) is 12.1. The number of aromatic nitrogens is 2. The van der Waals surface area contributed by atoms with Crippen LogP contribution in [-0.2, 0) is 0 Å². The van der Waals surface area contributed by atoms with Gasteiger partial charge in [0.05, 0.1) is 5.56 Å². The minimum atomic E-state index is -0.492. The monoisotopic (exact) mass is 247 g/mol. The van der Waals surface area contributed by atoms with Gasteiger partial charge < -0.3 is 9.73 Å². The number of hydrogen-bond acceptors (Lipinski definition) is 4. The Labute approximate surface area is 103 Å². The maximum atomic E-state index is 11.8. The number of carbonyl (C=O) groups is 1. The first-order chi connectivity index (χ1) is 8.56. The summed E-state index contributed by atoms with van der Waals surface area (Å²) in [5.41, 5.74) is 0.710. The third kappa shape index (κ3) is 2.65. The first-order valence-corrected chi connectivity index (χ1v) is 5.52. The third-order valence-electron chi connectivity index (χ3n) is 2.42. The van der Waals surface area contributed by atoms with Crippen LogP contribution in [0.2, 0.25) is 0 Å². The summed E-state index contributed by atoms with van der Waals surface area (Å²) in [4.78, 5) is 22.5. The molecule has 0 spiro atoms. The molecular weight excluding hydrogens is 234 g/mol. The lowest BCUT2D eigenvalue weighted by atomic mass is 10.1. The summed E-state index contributed by atoms with van der Waals surface area (Å²) in [5.74, 6) is 0.369. The molecule has 2 N–H and O–H groups in total. The highest BCUT2D eigenvalue weighted by molar-refractivity contribution is 6.03. The van der Waals surface area contributed by atoms with Gasteiger partial charge in [-0.15, -0.1) is 0 Å². The summed E-state index contributed by atoms with van der Waals surface area (Å²) >= 11 is 0. The highest BCUT2D eigenvalue weighted by Gasteiger charge is 2.10. The summed E-state index contributed by atoms with van der Waals surface area (Å²) in [6, 6.07) is 4.36. The molecular formula is C12H13N3O3. The van der Waals surface area contributed by atoms with Crippen molar-refractivity contribution in [1.82, 2.24) is 10.2 Å². The van der Waals surface area contributed by atoms with E-state index in [1.165, 1.54) is 12.1 Å². The average molecular weight is 247 g/mol. The van der Waals surface area contributed by atoms with Gasteiger partial charge in [-0.3, -0.25) is 9.89 Å². The van der Waals surface area contributed by atoms with Gasteiger partial charge in [0.2, 0.25) is 0 Å². The van der Waals surface area contributed by atoms with E-state index in [-0.39, 0.29) is 11.5 Å². The zero-order chi connectivity index (χ0) is 13.1. The molecule has 0 fully saturated rings. The molecule has 0 radical (unpaired) electrons. The Balaban J connectivity index is 2.11. The zero-order valence-corrected chi connectivity index (χ0v) is 10.1. The summed E-state index contributed by atoms with van der Waals surface area (Å²) in [6.45, 7) is 4.04. The van der Waals surface area contributed by atoms with Gasteiger partial charge >= 0.3 is 5.63 Å². The smallest absolute Gasteiger partial charge is 0.335 e. The van der Waals surface area contributed by atoms with E-state index in [9.17, 15) is 9.59 Å². The van der Waals surface area contributed by atoms with Crippen molar-refractivity contribution in [2.45, 2.75) is 19.8 Å². The SMILES string of the molecule is CC(C)c1cc(NC(=O)c2ccc(=O)oc2)n[nH]1. The second-order valence-corrected chi connectivity index (χ2v) is 4.16. The summed E-state index contributed by atoms with van der Waals surface area (Å²) in [7, 11) is 0. The fourth-order valence-corrected chi connectivity index (χ4v) is 1.37. The second kappa shape index (κ2) is 4.87. The number of hydrogen-bond donors (Lipinski definition) is 2. The predicted octanol–water partition coefficient (Wildman–Crippen LogP) is 1.74. The van der Waals surface area contributed by atoms with Crippen LogP contribution in [0.4, 0.5) is 5.82 Å². The van der Waals surface area contributed by atoms with Crippen LogP contribution in [0.3, 0.4) is 0 Å². The molecule has 0 aliphatic carbocycles. The van der Waals surface area contributed by atoms with Crippen molar-refractivity contribution < 1.29 is 9.21 Å². The Morgan fingerprint density at radius 2 is 2.22 bits per heavy atom. The number of amides is 1. The summed E-state index contributed by atoms with van der Waals surface area (Å²) in [6.07, 6.45) is 1.12. The summed E-state index contributed by atoms with van der Waals surface area (Å²) in [5, 5.41) is 9.41. The van der Waals surface area contributed by atoms with E-state index < -0.39 is 5.63 Å². The van der Waals surface area contributed by atoms with Gasteiger partial charge in [0.25, 0.3) is 5.91 Å². The Hall–Kier alpha value is -2.37. The molecule has 0 unspecified atom stereocenters. The van der Waals surface area contributed by atoms with Crippen molar-refractivity contribution in [3.05, 3.63) is 46.1 Å². The molecule has 0 saturated carbocycles. The average Bonchev–Trinajstić information content (AvgIpc) is 2.78. The molecule has 0 atom stereocenters. The van der Waals surface area contributed by atoms with Crippen molar-refractivity contribution in [1.29, 1.82) is 0 Å². The van der Waals surface area contributed by atoms with E-state index in [1.807, 2.05) is 13.8 Å². The Bertz CT molecular complexity index is 593. The van der Waals surface area contributed by atoms with Crippen molar-refractivity contribution in [3.8, 4) is 0 Å². The van der Waals surface area contributed by atoms with E-state index in [1.54, 1.807) is 6.07 Å². The topological polar surface area (TPSA) is 88.0 Å². The van der Waals surface area contributed by atoms with Crippen LogP contribution in [0, 0.1) is 0 Å². The lowest BCUT2D eigenvalue weighted by molar-refractivity contribution is 0.102. The molecule has 0 aromatic carbocycles. The quantitative estimate of drug-likeness (QED) is 0.864. The number of nitrogens with one attached hydrogen (secondary N) is 2. The van der Waals surface area contributed by atoms with Gasteiger partial charge in [0.15, 0.2) is 5.82 Å². The number of carbonyl (C=O) groups excluding carboxylic acids is 1. The lowest BCUT2D eigenvalue weighted by Crippen LogP contribution is -2.13. The molecule has 6 nitrogen and oxygen atoms in total. The highest BCUT2D eigenvalue weighted by Crippen LogP contribution is 2.15. The molecule has 2 rings (SSSR count). The van der Waals surface area contributed by atoms with Crippen LogP contribution in [0.1, 0.15) is 35.8 Å². The highest BCUT2D eigenvalue weighted by atomic mass is 16.4. The second-order valence-electron chi connectivity index (χ2n) is 4.16. The molecule has 2 aromatic heterocycles. The largest absolute Gasteiger partial charge is 0.430 e. The standard InChI is InChI=1S/C12H13N3O3/c1-7(2)9-5-10(15-14-9)13-12(17)8-3-4-11(16)18-6-8/h3-7H,1-2H3,(H2,13,14,15,17). The third-order valence-corrected chi connectivity index (χ3v) is 2.42. The molecule has 94 valence electrons. The minimum Gasteiger partial charge on any atom is -0.430 e. The van der Waals surface area contributed by atoms with Crippen molar-refractivity contribution in [2.75, 3.05) is 5.32 Å². The minimum absolute atomic E-state index is 0.267. The van der Waals surface area contributed by atoms with Crippen molar-refractivity contribution in [3.63, 3.8) is 0 Å². The summed E-state index contributed by atoms with van der Waals surface area (Å²) < 4.78 is 4.62. The maximum Gasteiger partial charge on any atom is 0.335 e.